The van der Waals surface area contributed by atoms with Crippen molar-refractivity contribution in [2.24, 2.45) is 5.73 Å². The van der Waals surface area contributed by atoms with E-state index in [2.05, 4.69) is 10.4 Å². The molecule has 0 saturated carbocycles. The van der Waals surface area contributed by atoms with Crippen LogP contribution in [0.3, 0.4) is 0 Å². The van der Waals surface area contributed by atoms with Crippen LogP contribution in [0.15, 0.2) is 0 Å². The Morgan fingerprint density at radius 1 is 1.55 bits per heavy atom. The molecule has 1 atom stereocenters. The number of hydrogen-bond donors (Lipinski definition) is 3. The maximum atomic E-state index is 11.6. The summed E-state index contributed by atoms with van der Waals surface area (Å²) in [6.45, 7) is 2.36. The summed E-state index contributed by atoms with van der Waals surface area (Å²) in [6, 6.07) is 0. The molecular weight excluding hydrogens is 270 g/mol. The van der Waals surface area contributed by atoms with Gasteiger partial charge in [0.25, 0.3) is 0 Å². The first-order chi connectivity index (χ1) is 9.23. The van der Waals surface area contributed by atoms with Gasteiger partial charge in [0.2, 0.25) is 11.8 Å². The number of hydrogen-bond acceptors (Lipinski definition) is 6. The molecule has 10 heteroatoms. The van der Waals surface area contributed by atoms with Crippen LogP contribution >= 0.6 is 0 Å². The van der Waals surface area contributed by atoms with Crippen molar-refractivity contribution in [3.05, 3.63) is 21.5 Å². The molecule has 0 aliphatic heterocycles. The van der Waals surface area contributed by atoms with Gasteiger partial charge in [-0.1, -0.05) is 0 Å². The van der Waals surface area contributed by atoms with Crippen LogP contribution in [0.5, 0.6) is 0 Å². The number of carbonyl (C=O) groups excluding carboxylic acids is 2. The molecule has 0 aliphatic carbocycles. The number of primary amides is 1. The van der Waals surface area contributed by atoms with Gasteiger partial charge in [-0.2, -0.15) is 5.10 Å². The van der Waals surface area contributed by atoms with Gasteiger partial charge in [0.05, 0.1) is 11.5 Å². The van der Waals surface area contributed by atoms with E-state index in [4.69, 9.17) is 10.8 Å². The van der Waals surface area contributed by atoms with Gasteiger partial charge in [-0.25, -0.2) is 0 Å². The van der Waals surface area contributed by atoms with Crippen LogP contribution < -0.4 is 11.1 Å². The number of rotatable bonds is 6. The Kier molecular flexibility index (Phi) is 4.75. The number of amides is 2. The molecule has 1 unspecified atom stereocenters. The fourth-order valence-corrected chi connectivity index (χ4v) is 1.61. The predicted octanol–water partition coefficient (Wildman–Crippen LogP) is -1.63. The first-order valence-electron chi connectivity index (χ1n) is 5.66. The van der Waals surface area contributed by atoms with Gasteiger partial charge in [0.1, 0.15) is 24.0 Å². The van der Waals surface area contributed by atoms with Crippen molar-refractivity contribution < 1.29 is 19.6 Å². The second-order valence-corrected chi connectivity index (χ2v) is 4.16. The summed E-state index contributed by atoms with van der Waals surface area (Å²) in [7, 11) is 0. The third-order valence-electron chi connectivity index (χ3n) is 2.64. The third-order valence-corrected chi connectivity index (χ3v) is 2.64. The molecule has 1 heterocycles. The number of carbonyl (C=O) groups is 2. The number of nitro groups is 1. The van der Waals surface area contributed by atoms with Crippen molar-refractivity contribution in [3.8, 4) is 0 Å². The Labute approximate surface area is 113 Å². The fourth-order valence-electron chi connectivity index (χ4n) is 1.61. The smallest absolute Gasteiger partial charge is 0.312 e. The topological polar surface area (TPSA) is 153 Å². The van der Waals surface area contributed by atoms with E-state index in [1.165, 1.54) is 18.5 Å². The maximum Gasteiger partial charge on any atom is 0.312 e. The zero-order valence-corrected chi connectivity index (χ0v) is 11.0. The zero-order valence-electron chi connectivity index (χ0n) is 11.0. The fraction of sp³-hybridized carbons (Fsp3) is 0.500. The summed E-state index contributed by atoms with van der Waals surface area (Å²) in [6.07, 6.45) is -1.48. The van der Waals surface area contributed by atoms with Gasteiger partial charge in [0.15, 0.2) is 0 Å². The molecule has 0 spiro atoms. The highest BCUT2D eigenvalue weighted by molar-refractivity contribution is 5.80. The number of nitrogens with one attached hydrogen (secondary N) is 1. The summed E-state index contributed by atoms with van der Waals surface area (Å²) in [5.41, 5.74) is 5.13. The lowest BCUT2D eigenvalue weighted by atomic mass is 10.3. The highest BCUT2D eigenvalue weighted by atomic mass is 16.6. The van der Waals surface area contributed by atoms with Gasteiger partial charge in [-0.3, -0.25) is 24.4 Å². The predicted molar refractivity (Wildman–Crippen MR) is 66.6 cm³/mol. The van der Waals surface area contributed by atoms with Crippen molar-refractivity contribution in [2.45, 2.75) is 26.5 Å². The molecule has 0 bridgehead atoms. The third kappa shape index (κ3) is 3.51. The quantitative estimate of drug-likeness (QED) is 0.421. The SMILES string of the molecule is Cc1nn(CC(=O)NCC(O)C(N)=O)c(C)c1[N+](=O)[O-]. The Morgan fingerprint density at radius 2 is 2.15 bits per heavy atom. The largest absolute Gasteiger partial charge is 0.381 e. The second kappa shape index (κ2) is 6.10. The van der Waals surface area contributed by atoms with Crippen molar-refractivity contribution in [1.29, 1.82) is 0 Å². The standard InChI is InChI=1S/C10H15N5O5/c1-5-9(15(19)20)6(2)14(13-5)4-8(17)12-3-7(16)10(11)18/h7,16H,3-4H2,1-2H3,(H2,11,18)(H,12,17). The lowest BCUT2D eigenvalue weighted by Gasteiger charge is -2.09. The summed E-state index contributed by atoms with van der Waals surface area (Å²) in [5.74, 6) is -1.50. The van der Waals surface area contributed by atoms with E-state index in [1.54, 1.807) is 0 Å². The Hall–Kier alpha value is -2.49. The van der Waals surface area contributed by atoms with E-state index in [9.17, 15) is 19.7 Å². The van der Waals surface area contributed by atoms with Gasteiger partial charge < -0.3 is 16.2 Å². The van der Waals surface area contributed by atoms with Crippen LogP contribution in [0.2, 0.25) is 0 Å². The zero-order chi connectivity index (χ0) is 15.4. The van der Waals surface area contributed by atoms with Crippen LogP contribution in [0.25, 0.3) is 0 Å². The average Bonchev–Trinajstić information content (AvgIpc) is 2.61. The number of nitrogens with zero attached hydrogens (tertiary/aromatic N) is 3. The maximum absolute atomic E-state index is 11.6. The normalized spacial score (nSPS) is 11.9. The number of aryl methyl sites for hydroxylation is 1. The lowest BCUT2D eigenvalue weighted by Crippen LogP contribution is -2.41. The minimum absolute atomic E-state index is 0.144. The van der Waals surface area contributed by atoms with E-state index in [0.717, 1.165) is 0 Å². The summed E-state index contributed by atoms with van der Waals surface area (Å²) < 4.78 is 1.18. The van der Waals surface area contributed by atoms with E-state index in [1.807, 2.05) is 0 Å². The van der Waals surface area contributed by atoms with Crippen molar-refractivity contribution in [3.63, 3.8) is 0 Å². The molecule has 20 heavy (non-hydrogen) atoms. The first-order valence-corrected chi connectivity index (χ1v) is 5.66. The second-order valence-electron chi connectivity index (χ2n) is 4.16. The van der Waals surface area contributed by atoms with Crippen LogP contribution in [-0.4, -0.2) is 44.3 Å². The lowest BCUT2D eigenvalue weighted by molar-refractivity contribution is -0.386. The molecule has 0 aromatic carbocycles. The summed E-state index contributed by atoms with van der Waals surface area (Å²) >= 11 is 0. The molecule has 2 amide bonds. The molecule has 0 aliphatic rings. The number of aliphatic hydroxyl groups excluding tert-OH is 1. The number of nitrogens with two attached hydrogens (primary N) is 1. The van der Waals surface area contributed by atoms with E-state index in [0.29, 0.717) is 0 Å². The highest BCUT2D eigenvalue weighted by Gasteiger charge is 2.23. The first kappa shape index (κ1) is 15.6. The average molecular weight is 285 g/mol. The van der Waals surface area contributed by atoms with Crippen molar-refractivity contribution >= 4 is 17.5 Å². The van der Waals surface area contributed by atoms with Gasteiger partial charge in [-0.05, 0) is 13.8 Å². The highest BCUT2D eigenvalue weighted by Crippen LogP contribution is 2.21. The molecule has 0 fully saturated rings. The van der Waals surface area contributed by atoms with E-state index in [-0.39, 0.29) is 30.2 Å². The monoisotopic (exact) mass is 285 g/mol. The Balaban J connectivity index is 2.70. The van der Waals surface area contributed by atoms with E-state index >= 15 is 0 Å². The van der Waals surface area contributed by atoms with Crippen LogP contribution in [-0.2, 0) is 16.1 Å². The minimum Gasteiger partial charge on any atom is -0.381 e. The van der Waals surface area contributed by atoms with Crippen molar-refractivity contribution in [2.75, 3.05) is 6.54 Å². The Morgan fingerprint density at radius 3 is 2.60 bits per heavy atom. The van der Waals surface area contributed by atoms with Crippen LogP contribution in [0.1, 0.15) is 11.4 Å². The molecule has 1 aromatic rings. The van der Waals surface area contributed by atoms with Crippen molar-refractivity contribution in [1.82, 2.24) is 15.1 Å². The van der Waals surface area contributed by atoms with Crippen LogP contribution in [0.4, 0.5) is 5.69 Å². The molecule has 1 rings (SSSR count). The Bertz CT molecular complexity index is 552. The summed E-state index contributed by atoms with van der Waals surface area (Å²) in [5, 5.41) is 26.1. The summed E-state index contributed by atoms with van der Waals surface area (Å²) in [4.78, 5) is 32.4. The van der Waals surface area contributed by atoms with Gasteiger partial charge >= 0.3 is 5.69 Å². The van der Waals surface area contributed by atoms with Gasteiger partial charge in [-0.15, -0.1) is 0 Å². The number of aliphatic hydroxyl groups is 1. The van der Waals surface area contributed by atoms with Crippen LogP contribution in [0, 0.1) is 24.0 Å². The molecular formula is C10H15N5O5. The molecule has 0 saturated heterocycles. The molecule has 1 aromatic heterocycles. The molecule has 10 nitrogen and oxygen atoms in total. The molecule has 110 valence electrons. The molecule has 0 radical (unpaired) electrons. The van der Waals surface area contributed by atoms with E-state index < -0.39 is 22.8 Å². The molecule has 4 N–H and O–H groups in total. The minimum atomic E-state index is -1.48. The van der Waals surface area contributed by atoms with Gasteiger partial charge in [0, 0.05) is 0 Å². The number of aromatic nitrogens is 2.